The molecule has 0 amide bonds. The quantitative estimate of drug-likeness (QED) is 0.843. The van der Waals surface area contributed by atoms with E-state index in [0.29, 0.717) is 16.3 Å². The zero-order valence-corrected chi connectivity index (χ0v) is 9.96. The van der Waals surface area contributed by atoms with Crippen molar-refractivity contribution in [3.05, 3.63) is 28.5 Å². The standard InChI is InChI=1S/C11H12BrFO2/c1-14-8-4-9(5-8)15-7-2-3-11(13)10(12)6-7/h2-3,6,8-9H,4-5H2,1H3/t8-,9-. The summed E-state index contributed by atoms with van der Waals surface area (Å²) in [4.78, 5) is 0. The van der Waals surface area contributed by atoms with Crippen LogP contribution in [0, 0.1) is 5.82 Å². The van der Waals surface area contributed by atoms with Crippen LogP contribution in [0.2, 0.25) is 0 Å². The van der Waals surface area contributed by atoms with Gasteiger partial charge in [-0.25, -0.2) is 4.39 Å². The van der Waals surface area contributed by atoms with Crippen LogP contribution in [-0.2, 0) is 4.74 Å². The average Bonchev–Trinajstić information content (AvgIpc) is 2.16. The molecule has 0 spiro atoms. The highest BCUT2D eigenvalue weighted by Gasteiger charge is 2.30. The van der Waals surface area contributed by atoms with E-state index in [2.05, 4.69) is 15.9 Å². The van der Waals surface area contributed by atoms with Gasteiger partial charge in [-0.1, -0.05) is 0 Å². The summed E-state index contributed by atoms with van der Waals surface area (Å²) in [5.41, 5.74) is 0. The summed E-state index contributed by atoms with van der Waals surface area (Å²) >= 11 is 3.12. The minimum absolute atomic E-state index is 0.201. The van der Waals surface area contributed by atoms with Crippen molar-refractivity contribution in [2.75, 3.05) is 7.11 Å². The normalized spacial score (nSPS) is 24.7. The predicted molar refractivity (Wildman–Crippen MR) is 58.5 cm³/mol. The van der Waals surface area contributed by atoms with Crippen molar-refractivity contribution in [1.82, 2.24) is 0 Å². The predicted octanol–water partition coefficient (Wildman–Crippen LogP) is 3.14. The van der Waals surface area contributed by atoms with Gasteiger partial charge in [0.2, 0.25) is 0 Å². The molecule has 0 bridgehead atoms. The molecule has 15 heavy (non-hydrogen) atoms. The van der Waals surface area contributed by atoms with E-state index in [0.717, 1.165) is 12.8 Å². The van der Waals surface area contributed by atoms with E-state index in [-0.39, 0.29) is 11.9 Å². The van der Waals surface area contributed by atoms with Gasteiger partial charge in [0.05, 0.1) is 10.6 Å². The maximum absolute atomic E-state index is 12.9. The lowest BCUT2D eigenvalue weighted by Gasteiger charge is -2.34. The van der Waals surface area contributed by atoms with Gasteiger partial charge >= 0.3 is 0 Å². The molecule has 1 saturated carbocycles. The van der Waals surface area contributed by atoms with Crippen LogP contribution in [0.25, 0.3) is 0 Å². The van der Waals surface area contributed by atoms with Gasteiger partial charge in [-0.15, -0.1) is 0 Å². The maximum atomic E-state index is 12.9. The SMILES string of the molecule is CO[C@H]1C[C@H](Oc2ccc(F)c(Br)c2)C1. The highest BCUT2D eigenvalue weighted by Crippen LogP contribution is 2.29. The molecule has 0 N–H and O–H groups in total. The van der Waals surface area contributed by atoms with Crippen molar-refractivity contribution in [3.8, 4) is 5.75 Å². The fourth-order valence-electron chi connectivity index (χ4n) is 1.55. The largest absolute Gasteiger partial charge is 0.490 e. The van der Waals surface area contributed by atoms with Crippen LogP contribution in [-0.4, -0.2) is 19.3 Å². The fourth-order valence-corrected chi connectivity index (χ4v) is 1.91. The third kappa shape index (κ3) is 2.49. The van der Waals surface area contributed by atoms with Gasteiger partial charge < -0.3 is 9.47 Å². The highest BCUT2D eigenvalue weighted by atomic mass is 79.9. The Morgan fingerprint density at radius 2 is 2.07 bits per heavy atom. The first-order valence-corrected chi connectivity index (χ1v) is 5.63. The van der Waals surface area contributed by atoms with Crippen LogP contribution in [0.15, 0.2) is 22.7 Å². The van der Waals surface area contributed by atoms with Gasteiger partial charge in [0.15, 0.2) is 0 Å². The highest BCUT2D eigenvalue weighted by molar-refractivity contribution is 9.10. The molecule has 0 aromatic heterocycles. The van der Waals surface area contributed by atoms with Gasteiger partial charge in [-0.05, 0) is 34.1 Å². The zero-order chi connectivity index (χ0) is 10.8. The number of hydrogen-bond acceptors (Lipinski definition) is 2. The molecule has 0 radical (unpaired) electrons. The second-order valence-corrected chi connectivity index (χ2v) is 4.50. The summed E-state index contributed by atoms with van der Waals surface area (Å²) in [5.74, 6) is 0.425. The molecule has 0 heterocycles. The van der Waals surface area contributed by atoms with Crippen LogP contribution in [0.5, 0.6) is 5.75 Å². The van der Waals surface area contributed by atoms with Crippen molar-refractivity contribution >= 4 is 15.9 Å². The Balaban J connectivity index is 1.92. The van der Waals surface area contributed by atoms with Gasteiger partial charge in [0.25, 0.3) is 0 Å². The Labute approximate surface area is 96.5 Å². The number of rotatable bonds is 3. The van der Waals surface area contributed by atoms with Crippen LogP contribution < -0.4 is 4.74 Å². The zero-order valence-electron chi connectivity index (χ0n) is 8.37. The molecule has 0 aliphatic heterocycles. The van der Waals surface area contributed by atoms with Crippen molar-refractivity contribution in [2.24, 2.45) is 0 Å². The fraction of sp³-hybridized carbons (Fsp3) is 0.455. The molecule has 2 nitrogen and oxygen atoms in total. The van der Waals surface area contributed by atoms with E-state index in [1.54, 1.807) is 19.2 Å². The summed E-state index contributed by atoms with van der Waals surface area (Å²) in [6, 6.07) is 4.68. The molecule has 82 valence electrons. The first-order chi connectivity index (χ1) is 7.19. The second-order valence-electron chi connectivity index (χ2n) is 3.64. The minimum atomic E-state index is -0.272. The van der Waals surface area contributed by atoms with Crippen LogP contribution in [0.1, 0.15) is 12.8 Å². The van der Waals surface area contributed by atoms with E-state index in [1.165, 1.54) is 6.07 Å². The second kappa shape index (κ2) is 4.49. The lowest BCUT2D eigenvalue weighted by atomic mass is 9.92. The van der Waals surface area contributed by atoms with Gasteiger partial charge in [0, 0.05) is 20.0 Å². The molecular weight excluding hydrogens is 263 g/mol. The monoisotopic (exact) mass is 274 g/mol. The van der Waals surface area contributed by atoms with E-state index in [4.69, 9.17) is 9.47 Å². The molecule has 0 atom stereocenters. The lowest BCUT2D eigenvalue weighted by molar-refractivity contribution is -0.0381. The molecule has 0 unspecified atom stereocenters. The molecule has 1 fully saturated rings. The van der Waals surface area contributed by atoms with E-state index < -0.39 is 0 Å². The van der Waals surface area contributed by atoms with Crippen LogP contribution in [0.3, 0.4) is 0 Å². The summed E-state index contributed by atoms with van der Waals surface area (Å²) in [6.45, 7) is 0. The molecule has 0 saturated heterocycles. The molecule has 2 rings (SSSR count). The summed E-state index contributed by atoms with van der Waals surface area (Å²) in [7, 11) is 1.70. The van der Waals surface area contributed by atoms with Crippen LogP contribution in [0.4, 0.5) is 4.39 Å². The Morgan fingerprint density at radius 1 is 1.33 bits per heavy atom. The molecule has 1 aromatic carbocycles. The average molecular weight is 275 g/mol. The van der Waals surface area contributed by atoms with Gasteiger partial charge in [-0.3, -0.25) is 0 Å². The summed E-state index contributed by atoms with van der Waals surface area (Å²) < 4.78 is 24.1. The van der Waals surface area contributed by atoms with E-state index in [1.807, 2.05) is 0 Å². The maximum Gasteiger partial charge on any atom is 0.137 e. The first kappa shape index (κ1) is 10.9. The molecule has 4 heteroatoms. The van der Waals surface area contributed by atoms with E-state index in [9.17, 15) is 4.39 Å². The first-order valence-electron chi connectivity index (χ1n) is 4.83. The van der Waals surface area contributed by atoms with Crippen molar-refractivity contribution in [3.63, 3.8) is 0 Å². The summed E-state index contributed by atoms with van der Waals surface area (Å²) in [6.07, 6.45) is 2.34. The lowest BCUT2D eigenvalue weighted by Crippen LogP contribution is -2.38. The Bertz CT molecular complexity index is 350. The van der Waals surface area contributed by atoms with Crippen molar-refractivity contribution in [2.45, 2.75) is 25.0 Å². The summed E-state index contributed by atoms with van der Waals surface area (Å²) in [5, 5.41) is 0. The third-order valence-electron chi connectivity index (χ3n) is 2.58. The number of hydrogen-bond donors (Lipinski definition) is 0. The third-order valence-corrected chi connectivity index (χ3v) is 3.19. The minimum Gasteiger partial charge on any atom is -0.490 e. The molecule has 1 aliphatic carbocycles. The number of benzene rings is 1. The number of ether oxygens (including phenoxy) is 2. The molecule has 1 aliphatic rings. The smallest absolute Gasteiger partial charge is 0.137 e. The Kier molecular flexibility index (Phi) is 3.26. The molecule has 1 aromatic rings. The number of methoxy groups -OCH3 is 1. The Hall–Kier alpha value is -0.610. The van der Waals surface area contributed by atoms with E-state index >= 15 is 0 Å². The van der Waals surface area contributed by atoms with Crippen molar-refractivity contribution in [1.29, 1.82) is 0 Å². The molecular formula is C11H12BrFO2. The topological polar surface area (TPSA) is 18.5 Å². The van der Waals surface area contributed by atoms with Gasteiger partial charge in [-0.2, -0.15) is 0 Å². The van der Waals surface area contributed by atoms with Crippen molar-refractivity contribution < 1.29 is 13.9 Å². The van der Waals surface area contributed by atoms with Crippen LogP contribution >= 0.6 is 15.9 Å². The Morgan fingerprint density at radius 3 is 2.67 bits per heavy atom. The van der Waals surface area contributed by atoms with Gasteiger partial charge in [0.1, 0.15) is 17.7 Å². The number of halogens is 2.